The van der Waals surface area contributed by atoms with Crippen LogP contribution in [0.4, 0.5) is 5.69 Å². The van der Waals surface area contributed by atoms with Crippen molar-refractivity contribution in [3.05, 3.63) is 70.1 Å². The summed E-state index contributed by atoms with van der Waals surface area (Å²) in [7, 11) is -0.275. The number of aromatic nitrogens is 2. The second kappa shape index (κ2) is 13.0. The van der Waals surface area contributed by atoms with Crippen LogP contribution in [0, 0.1) is 5.92 Å². The molecule has 41 heavy (non-hydrogen) atoms. The van der Waals surface area contributed by atoms with Gasteiger partial charge in [-0.2, -0.15) is 8.42 Å². The zero-order valence-electron chi connectivity index (χ0n) is 23.4. The van der Waals surface area contributed by atoms with Crippen molar-refractivity contribution in [2.24, 2.45) is 13.0 Å². The number of ether oxygens (including phenoxy) is 1. The molecule has 3 atom stereocenters. The molecule has 222 valence electrons. The summed E-state index contributed by atoms with van der Waals surface area (Å²) < 4.78 is 36.4. The van der Waals surface area contributed by atoms with Gasteiger partial charge in [0.15, 0.2) is 5.03 Å². The third-order valence-electron chi connectivity index (χ3n) is 7.05. The smallest absolute Gasteiger partial charge is 0.280 e. The number of sulfonamides is 1. The first-order chi connectivity index (χ1) is 19.4. The fourth-order valence-electron chi connectivity index (χ4n) is 4.77. The average molecular weight is 625 g/mol. The second-order valence-electron chi connectivity index (χ2n) is 10.6. The highest BCUT2D eigenvalue weighted by Gasteiger charge is 2.31. The van der Waals surface area contributed by atoms with E-state index in [4.69, 9.17) is 27.9 Å². The van der Waals surface area contributed by atoms with Crippen LogP contribution in [0.15, 0.2) is 53.9 Å². The van der Waals surface area contributed by atoms with Crippen LogP contribution in [0.25, 0.3) is 0 Å². The summed E-state index contributed by atoms with van der Waals surface area (Å²) >= 11 is 12.3. The lowest BCUT2D eigenvalue weighted by molar-refractivity contribution is -0.134. The number of hydrogen-bond donors (Lipinski definition) is 2. The Bertz CT molecular complexity index is 1500. The lowest BCUT2D eigenvalue weighted by Crippen LogP contribution is -2.47. The second-order valence-corrected chi connectivity index (χ2v) is 13.1. The number of rotatable bonds is 9. The predicted octanol–water partition coefficient (Wildman–Crippen LogP) is 3.81. The van der Waals surface area contributed by atoms with E-state index in [2.05, 4.69) is 14.6 Å². The van der Waals surface area contributed by atoms with Gasteiger partial charge in [0, 0.05) is 50.0 Å². The van der Waals surface area contributed by atoms with Crippen LogP contribution >= 0.6 is 23.2 Å². The molecule has 0 aliphatic carbocycles. The van der Waals surface area contributed by atoms with Crippen LogP contribution in [0.5, 0.6) is 5.75 Å². The van der Waals surface area contributed by atoms with Crippen LogP contribution in [-0.4, -0.2) is 77.7 Å². The number of carbonyl (C=O) groups is 1. The van der Waals surface area contributed by atoms with E-state index < -0.39 is 16.1 Å². The highest BCUT2D eigenvalue weighted by Crippen LogP contribution is 2.30. The molecule has 0 unspecified atom stereocenters. The van der Waals surface area contributed by atoms with Gasteiger partial charge in [-0.15, -0.1) is 0 Å². The molecule has 13 heteroatoms. The number of halogens is 2. The van der Waals surface area contributed by atoms with Crippen molar-refractivity contribution >= 4 is 44.8 Å². The van der Waals surface area contributed by atoms with Crippen molar-refractivity contribution < 1.29 is 23.1 Å². The van der Waals surface area contributed by atoms with Crippen LogP contribution in [0.3, 0.4) is 0 Å². The van der Waals surface area contributed by atoms with Gasteiger partial charge < -0.3 is 19.3 Å². The molecule has 0 spiro atoms. The Hall–Kier alpha value is -2.83. The van der Waals surface area contributed by atoms with Gasteiger partial charge in [0.2, 0.25) is 5.91 Å². The first-order valence-corrected chi connectivity index (χ1v) is 15.4. The third-order valence-corrected chi connectivity index (χ3v) is 9.06. The normalized spacial score (nSPS) is 18.7. The summed E-state index contributed by atoms with van der Waals surface area (Å²) in [5, 5.41) is 10.7. The van der Waals surface area contributed by atoms with Gasteiger partial charge in [-0.3, -0.25) is 14.4 Å². The maximum absolute atomic E-state index is 13.5. The molecule has 0 fully saturated rings. The Morgan fingerprint density at radius 2 is 1.98 bits per heavy atom. The fraction of sp³-hybridized carbons (Fsp3) is 0.429. The fourth-order valence-corrected chi connectivity index (χ4v) is 6.12. The number of anilines is 1. The Morgan fingerprint density at radius 1 is 1.22 bits per heavy atom. The molecule has 2 N–H and O–H groups in total. The Kier molecular flexibility index (Phi) is 9.86. The van der Waals surface area contributed by atoms with Crippen molar-refractivity contribution in [1.29, 1.82) is 0 Å². The largest absolute Gasteiger partial charge is 0.488 e. The van der Waals surface area contributed by atoms with E-state index in [-0.39, 0.29) is 41.7 Å². The number of aryl methyl sites for hydroxylation is 1. The van der Waals surface area contributed by atoms with Crippen molar-refractivity contribution in [2.45, 2.75) is 44.0 Å². The van der Waals surface area contributed by atoms with E-state index in [1.165, 1.54) is 12.5 Å². The molecule has 0 radical (unpaired) electrons. The molecule has 0 bridgehead atoms. The SMILES string of the molecule is C[C@H]1CN([C@@H](C)CO)C(=O)Cc2cc(NS(=O)(=O)c3cn(C)cn3)ccc2O[C@H]1CN(C)Cc1ccc(Cl)c(Cl)c1. The predicted molar refractivity (Wildman–Crippen MR) is 159 cm³/mol. The maximum Gasteiger partial charge on any atom is 0.280 e. The summed E-state index contributed by atoms with van der Waals surface area (Å²) in [6.07, 6.45) is 2.47. The molecule has 1 aliphatic heterocycles. The van der Waals surface area contributed by atoms with E-state index in [1.54, 1.807) is 47.7 Å². The van der Waals surface area contributed by atoms with Crippen molar-refractivity contribution in [3.63, 3.8) is 0 Å². The molecule has 3 aromatic rings. The maximum atomic E-state index is 13.5. The third kappa shape index (κ3) is 7.72. The molecule has 10 nitrogen and oxygen atoms in total. The number of hydrogen-bond acceptors (Lipinski definition) is 7. The molecular weight excluding hydrogens is 589 g/mol. The van der Waals surface area contributed by atoms with Gasteiger partial charge in [-0.05, 0) is 49.9 Å². The van der Waals surface area contributed by atoms with E-state index in [9.17, 15) is 18.3 Å². The first-order valence-electron chi connectivity index (χ1n) is 13.2. The van der Waals surface area contributed by atoms with Gasteiger partial charge in [0.25, 0.3) is 10.0 Å². The average Bonchev–Trinajstić information content (AvgIpc) is 3.37. The van der Waals surface area contributed by atoms with E-state index in [1.807, 2.05) is 26.1 Å². The topological polar surface area (TPSA) is 117 Å². The number of likely N-dealkylation sites (N-methyl/N-ethyl adjacent to an activating group) is 1. The standard InChI is InChI=1S/C28H35Cl2N5O5S/c1-18-12-35(19(2)16-36)28(37)11-21-10-22(32-41(38,39)27-15-34(4)17-31-27)6-8-25(21)40-26(18)14-33(3)13-20-5-7-23(29)24(30)9-20/h5-10,15,17-19,26,32,36H,11-14,16H2,1-4H3/t18-,19-,26-/m0/s1. The molecule has 0 saturated carbocycles. The first kappa shape index (κ1) is 31.1. The highest BCUT2D eigenvalue weighted by molar-refractivity contribution is 7.92. The number of nitrogens with one attached hydrogen (secondary N) is 1. The Balaban J connectivity index is 1.62. The van der Waals surface area contributed by atoms with Crippen LogP contribution in [-0.2, 0) is 34.8 Å². The van der Waals surface area contributed by atoms with Gasteiger partial charge in [0.1, 0.15) is 11.9 Å². The molecule has 1 aromatic heterocycles. The lowest BCUT2D eigenvalue weighted by Gasteiger charge is -2.34. The molecule has 4 rings (SSSR count). The number of aliphatic hydroxyl groups is 1. The monoisotopic (exact) mass is 623 g/mol. The Labute approximate surface area is 250 Å². The number of imidazole rings is 1. The minimum atomic E-state index is -3.93. The number of nitrogens with zero attached hydrogens (tertiary/aromatic N) is 4. The van der Waals surface area contributed by atoms with Gasteiger partial charge in [0.05, 0.1) is 35.4 Å². The molecule has 2 aromatic carbocycles. The molecule has 1 aliphatic rings. The zero-order valence-corrected chi connectivity index (χ0v) is 25.7. The minimum Gasteiger partial charge on any atom is -0.488 e. The number of benzene rings is 2. The summed E-state index contributed by atoms with van der Waals surface area (Å²) in [6.45, 7) is 5.15. The van der Waals surface area contributed by atoms with Gasteiger partial charge in [-0.25, -0.2) is 4.98 Å². The molecule has 1 amide bonds. The van der Waals surface area contributed by atoms with Gasteiger partial charge in [-0.1, -0.05) is 36.2 Å². The quantitative estimate of drug-likeness (QED) is 0.372. The van der Waals surface area contributed by atoms with E-state index in [0.717, 1.165) is 5.56 Å². The van der Waals surface area contributed by atoms with E-state index >= 15 is 0 Å². The van der Waals surface area contributed by atoms with Crippen LogP contribution < -0.4 is 9.46 Å². The van der Waals surface area contributed by atoms with Gasteiger partial charge >= 0.3 is 0 Å². The summed E-state index contributed by atoms with van der Waals surface area (Å²) in [5.74, 6) is 0.229. The lowest BCUT2D eigenvalue weighted by atomic mass is 10.0. The molecular formula is C28H35Cl2N5O5S. The zero-order chi connectivity index (χ0) is 29.9. The summed E-state index contributed by atoms with van der Waals surface area (Å²) in [4.78, 5) is 21.2. The number of carbonyl (C=O) groups excluding carboxylic acids is 1. The summed E-state index contributed by atoms with van der Waals surface area (Å²) in [5.41, 5.74) is 1.82. The molecule has 2 heterocycles. The van der Waals surface area contributed by atoms with Crippen LogP contribution in [0.2, 0.25) is 10.0 Å². The van der Waals surface area contributed by atoms with Crippen molar-refractivity contribution in [3.8, 4) is 5.75 Å². The Morgan fingerprint density at radius 3 is 2.63 bits per heavy atom. The van der Waals surface area contributed by atoms with E-state index in [0.29, 0.717) is 41.0 Å². The van der Waals surface area contributed by atoms with Crippen molar-refractivity contribution in [1.82, 2.24) is 19.4 Å². The minimum absolute atomic E-state index is 0.0165. The number of amides is 1. The number of fused-ring (bicyclic) bond motifs is 1. The molecule has 0 saturated heterocycles. The highest BCUT2D eigenvalue weighted by atomic mass is 35.5. The van der Waals surface area contributed by atoms with Crippen LogP contribution in [0.1, 0.15) is 25.0 Å². The summed E-state index contributed by atoms with van der Waals surface area (Å²) in [6, 6.07) is 10.0. The number of aliphatic hydroxyl groups excluding tert-OH is 1. The van der Waals surface area contributed by atoms with Crippen molar-refractivity contribution in [2.75, 3.05) is 31.5 Å².